The van der Waals surface area contributed by atoms with Gasteiger partial charge in [-0.1, -0.05) is 97.1 Å². The Bertz CT molecular complexity index is 1090. The van der Waals surface area contributed by atoms with E-state index in [-0.39, 0.29) is 6.17 Å². The van der Waals surface area contributed by atoms with Crippen LogP contribution in [0.3, 0.4) is 0 Å². The van der Waals surface area contributed by atoms with Gasteiger partial charge in [0, 0.05) is 11.3 Å². The number of anilines is 2. The number of rotatable bonds is 4. The van der Waals surface area contributed by atoms with Crippen molar-refractivity contribution in [2.45, 2.75) is 6.17 Å². The number of hydrogen-bond acceptors (Lipinski definition) is 3. The van der Waals surface area contributed by atoms with Crippen LogP contribution in [0.25, 0.3) is 0 Å². The molecule has 1 heterocycles. The van der Waals surface area contributed by atoms with Crippen molar-refractivity contribution in [1.82, 2.24) is 0 Å². The van der Waals surface area contributed by atoms with E-state index in [0.717, 1.165) is 22.8 Å². The molecule has 3 heteroatoms. The minimum Gasteiger partial charge on any atom is -0.297 e. The van der Waals surface area contributed by atoms with Gasteiger partial charge in [-0.05, 0) is 29.8 Å². The van der Waals surface area contributed by atoms with Crippen LogP contribution in [0.1, 0.15) is 17.3 Å². The maximum atomic E-state index is 5.12. The Kier molecular flexibility index (Phi) is 4.55. The minimum atomic E-state index is -0.0730. The summed E-state index contributed by atoms with van der Waals surface area (Å²) >= 11 is 0. The zero-order chi connectivity index (χ0) is 19.5. The van der Waals surface area contributed by atoms with Crippen LogP contribution in [0.5, 0.6) is 0 Å². The zero-order valence-corrected chi connectivity index (χ0v) is 16.0. The Hall–Kier alpha value is -3.85. The number of hydrazone groups is 1. The first-order valence-corrected chi connectivity index (χ1v) is 9.79. The standard InChI is InChI=1S/C26H21N3/c1-5-13-21(14-6-1)25-27-29(24-19-11-4-12-20-24)26(22-15-7-2-8-16-22)28(25)23-17-9-3-10-18-23/h1-20,26H/t26-/m1/s1. The molecule has 140 valence electrons. The monoisotopic (exact) mass is 375 g/mol. The Labute approximate surface area is 171 Å². The highest BCUT2D eigenvalue weighted by molar-refractivity contribution is 6.12. The molecule has 4 aromatic carbocycles. The van der Waals surface area contributed by atoms with Gasteiger partial charge >= 0.3 is 0 Å². The number of nitrogens with zero attached hydrogens (tertiary/aromatic N) is 3. The molecule has 0 radical (unpaired) electrons. The molecule has 0 bridgehead atoms. The summed E-state index contributed by atoms with van der Waals surface area (Å²) in [5.74, 6) is 0.939. The van der Waals surface area contributed by atoms with E-state index < -0.39 is 0 Å². The van der Waals surface area contributed by atoms with Crippen molar-refractivity contribution in [3.8, 4) is 0 Å². The van der Waals surface area contributed by atoms with Gasteiger partial charge in [0.25, 0.3) is 0 Å². The fourth-order valence-electron chi connectivity index (χ4n) is 3.76. The number of benzene rings is 4. The molecule has 1 aliphatic rings. The van der Waals surface area contributed by atoms with Gasteiger partial charge in [-0.3, -0.25) is 4.90 Å². The summed E-state index contributed by atoms with van der Waals surface area (Å²) in [6, 6.07) is 41.8. The van der Waals surface area contributed by atoms with Crippen LogP contribution in [-0.2, 0) is 0 Å². The van der Waals surface area contributed by atoms with Gasteiger partial charge in [-0.25, -0.2) is 5.01 Å². The van der Waals surface area contributed by atoms with E-state index in [1.807, 2.05) is 18.2 Å². The molecule has 1 aliphatic heterocycles. The van der Waals surface area contributed by atoms with Crippen molar-refractivity contribution in [3.63, 3.8) is 0 Å². The first kappa shape index (κ1) is 17.3. The lowest BCUT2D eigenvalue weighted by atomic mass is 10.1. The summed E-state index contributed by atoms with van der Waals surface area (Å²) in [5, 5.41) is 7.24. The topological polar surface area (TPSA) is 18.8 Å². The smallest absolute Gasteiger partial charge is 0.162 e. The minimum absolute atomic E-state index is 0.0730. The molecule has 0 spiro atoms. The lowest BCUT2D eigenvalue weighted by Crippen LogP contribution is -2.35. The normalized spacial score (nSPS) is 16.0. The van der Waals surface area contributed by atoms with Crippen molar-refractivity contribution >= 4 is 17.2 Å². The van der Waals surface area contributed by atoms with Crippen LogP contribution in [0.15, 0.2) is 126 Å². The fraction of sp³-hybridized carbons (Fsp3) is 0.0385. The maximum absolute atomic E-state index is 5.12. The second-order valence-corrected chi connectivity index (χ2v) is 6.96. The Morgan fingerprint density at radius 3 is 1.59 bits per heavy atom. The summed E-state index contributed by atoms with van der Waals surface area (Å²) < 4.78 is 0. The van der Waals surface area contributed by atoms with Crippen molar-refractivity contribution in [2.75, 3.05) is 9.91 Å². The molecule has 5 rings (SSSR count). The second-order valence-electron chi connectivity index (χ2n) is 6.96. The van der Waals surface area contributed by atoms with E-state index >= 15 is 0 Å². The maximum Gasteiger partial charge on any atom is 0.162 e. The second kappa shape index (κ2) is 7.64. The molecule has 0 unspecified atom stereocenters. The summed E-state index contributed by atoms with van der Waals surface area (Å²) in [6.45, 7) is 0. The molecule has 0 aliphatic carbocycles. The van der Waals surface area contributed by atoms with E-state index in [2.05, 4.69) is 113 Å². The highest BCUT2D eigenvalue weighted by Crippen LogP contribution is 2.39. The van der Waals surface area contributed by atoms with Crippen LogP contribution in [0, 0.1) is 0 Å². The van der Waals surface area contributed by atoms with Gasteiger partial charge in [0.15, 0.2) is 12.0 Å². The quantitative estimate of drug-likeness (QED) is 0.431. The molecule has 4 aromatic rings. The van der Waals surface area contributed by atoms with Crippen molar-refractivity contribution in [1.29, 1.82) is 0 Å². The predicted octanol–water partition coefficient (Wildman–Crippen LogP) is 6.07. The Morgan fingerprint density at radius 2 is 1.00 bits per heavy atom. The fourth-order valence-corrected chi connectivity index (χ4v) is 3.76. The van der Waals surface area contributed by atoms with Crippen LogP contribution >= 0.6 is 0 Å². The Morgan fingerprint density at radius 1 is 0.517 bits per heavy atom. The van der Waals surface area contributed by atoms with Gasteiger partial charge in [-0.2, -0.15) is 5.10 Å². The third-order valence-electron chi connectivity index (χ3n) is 5.09. The average molecular weight is 375 g/mol. The molecule has 1 atom stereocenters. The van der Waals surface area contributed by atoms with E-state index in [1.54, 1.807) is 0 Å². The predicted molar refractivity (Wildman–Crippen MR) is 120 cm³/mol. The van der Waals surface area contributed by atoms with Crippen LogP contribution in [0.2, 0.25) is 0 Å². The molecule has 0 aromatic heterocycles. The lowest BCUT2D eigenvalue weighted by molar-refractivity contribution is 0.703. The van der Waals surface area contributed by atoms with E-state index in [4.69, 9.17) is 5.10 Å². The highest BCUT2D eigenvalue weighted by Gasteiger charge is 2.37. The SMILES string of the molecule is c1ccc(C2=NN(c3ccccc3)[C@H](c3ccccc3)N2c2ccccc2)cc1. The largest absolute Gasteiger partial charge is 0.297 e. The number of para-hydroxylation sites is 2. The third-order valence-corrected chi connectivity index (χ3v) is 5.09. The molecule has 0 saturated carbocycles. The first-order chi connectivity index (χ1) is 14.4. The molecular weight excluding hydrogens is 354 g/mol. The Balaban J connectivity index is 1.72. The van der Waals surface area contributed by atoms with Crippen molar-refractivity contribution in [2.24, 2.45) is 5.10 Å². The van der Waals surface area contributed by atoms with Crippen LogP contribution in [0.4, 0.5) is 11.4 Å². The summed E-state index contributed by atoms with van der Waals surface area (Å²) in [7, 11) is 0. The highest BCUT2D eigenvalue weighted by atomic mass is 15.6. The van der Waals surface area contributed by atoms with E-state index in [1.165, 1.54) is 5.56 Å². The third kappa shape index (κ3) is 3.27. The molecule has 0 fully saturated rings. The average Bonchev–Trinajstić information content (AvgIpc) is 3.22. The van der Waals surface area contributed by atoms with Crippen molar-refractivity contribution < 1.29 is 0 Å². The van der Waals surface area contributed by atoms with Crippen molar-refractivity contribution in [3.05, 3.63) is 132 Å². The number of amidine groups is 1. The van der Waals surface area contributed by atoms with Gasteiger partial charge in [-0.15, -0.1) is 0 Å². The van der Waals surface area contributed by atoms with E-state index in [9.17, 15) is 0 Å². The molecule has 0 amide bonds. The molecule has 0 saturated heterocycles. The number of hydrogen-bond donors (Lipinski definition) is 0. The molecule has 3 nitrogen and oxygen atoms in total. The summed E-state index contributed by atoms with van der Waals surface area (Å²) in [5.41, 5.74) is 4.46. The zero-order valence-electron chi connectivity index (χ0n) is 16.0. The van der Waals surface area contributed by atoms with Gasteiger partial charge in [0.1, 0.15) is 0 Å². The lowest BCUT2D eigenvalue weighted by Gasteiger charge is -2.32. The first-order valence-electron chi connectivity index (χ1n) is 9.79. The summed E-state index contributed by atoms with van der Waals surface area (Å²) in [6.07, 6.45) is -0.0730. The summed E-state index contributed by atoms with van der Waals surface area (Å²) in [4.78, 5) is 2.32. The molecule has 0 N–H and O–H groups in total. The van der Waals surface area contributed by atoms with Gasteiger partial charge in [0.05, 0.1) is 5.69 Å². The molecular formula is C26H21N3. The van der Waals surface area contributed by atoms with E-state index in [0.29, 0.717) is 0 Å². The van der Waals surface area contributed by atoms with Gasteiger partial charge < -0.3 is 0 Å². The van der Waals surface area contributed by atoms with Crippen LogP contribution < -0.4 is 9.91 Å². The van der Waals surface area contributed by atoms with Crippen LogP contribution in [-0.4, -0.2) is 5.84 Å². The molecule has 29 heavy (non-hydrogen) atoms. The van der Waals surface area contributed by atoms with Gasteiger partial charge in [0.2, 0.25) is 0 Å².